The summed E-state index contributed by atoms with van der Waals surface area (Å²) in [4.78, 5) is 13.3. The number of hydrogen-bond acceptors (Lipinski definition) is 4. The molecule has 8 heteroatoms. The third-order valence-electron chi connectivity index (χ3n) is 7.87. The molecule has 0 saturated heterocycles. The number of hydrogen-bond donors (Lipinski definition) is 0. The summed E-state index contributed by atoms with van der Waals surface area (Å²) >= 11 is -1.86. The van der Waals surface area contributed by atoms with Crippen LogP contribution >= 0.6 is 0 Å². The van der Waals surface area contributed by atoms with E-state index in [0.29, 0.717) is 11.5 Å². The van der Waals surface area contributed by atoms with E-state index in [-0.39, 0.29) is 25.8 Å². The average molecular weight is 850 g/mol. The van der Waals surface area contributed by atoms with Crippen LogP contribution in [-0.4, -0.2) is 32.8 Å². The van der Waals surface area contributed by atoms with Crippen LogP contribution in [0.25, 0.3) is 55.7 Å². The van der Waals surface area contributed by atoms with Gasteiger partial charge in [0.15, 0.2) is 0 Å². The van der Waals surface area contributed by atoms with Gasteiger partial charge in [0, 0.05) is 32.0 Å². The SMILES string of the molecule is CC(C)Cc1cc(-c2[c-]cccc2)nc[c]1[Ge]([CH3])([CH3])[CH3].CCn1c(-c2[c-]ccc3c2oc2nc(F)ccc23)nc2ccccc21.[Ir]. The number of para-hydroxylation sites is 2. The first-order chi connectivity index (χ1) is 21.6. The summed E-state index contributed by atoms with van der Waals surface area (Å²) in [6.07, 6.45) is 3.27. The van der Waals surface area contributed by atoms with E-state index < -0.39 is 19.2 Å². The van der Waals surface area contributed by atoms with Gasteiger partial charge in [-0.15, -0.1) is 18.2 Å². The van der Waals surface area contributed by atoms with Crippen LogP contribution in [0.15, 0.2) is 89.5 Å². The molecule has 0 unspecified atom stereocenters. The Balaban J connectivity index is 0.000000182. The zero-order valence-electron chi connectivity index (χ0n) is 27.0. The van der Waals surface area contributed by atoms with Crippen molar-refractivity contribution in [3.05, 3.63) is 109 Å². The van der Waals surface area contributed by atoms with Crippen molar-refractivity contribution in [2.45, 2.75) is 51.0 Å². The second-order valence-electron chi connectivity index (χ2n) is 12.7. The molecule has 0 fully saturated rings. The quantitative estimate of drug-likeness (QED) is 0.0952. The number of imidazole rings is 1. The normalized spacial score (nSPS) is 11.6. The Hall–Kier alpha value is -3.65. The molecule has 7 aromatic rings. The van der Waals surface area contributed by atoms with Crippen molar-refractivity contribution in [2.24, 2.45) is 5.92 Å². The molecule has 4 heterocycles. The van der Waals surface area contributed by atoms with Crippen molar-refractivity contribution in [2.75, 3.05) is 0 Å². The van der Waals surface area contributed by atoms with Crippen LogP contribution in [0.3, 0.4) is 0 Å². The minimum atomic E-state index is -1.86. The summed E-state index contributed by atoms with van der Waals surface area (Å²) in [5.41, 5.74) is 7.29. The number of benzene rings is 3. The Labute approximate surface area is 286 Å². The first-order valence-corrected chi connectivity index (χ1v) is 22.8. The summed E-state index contributed by atoms with van der Waals surface area (Å²) in [5, 5.41) is 1.66. The second kappa shape index (κ2) is 14.0. The van der Waals surface area contributed by atoms with E-state index in [9.17, 15) is 4.39 Å². The minimum absolute atomic E-state index is 0. The third-order valence-corrected chi connectivity index (χ3v) is 12.2. The van der Waals surface area contributed by atoms with E-state index in [1.165, 1.54) is 11.6 Å². The first kappa shape index (κ1) is 33.7. The van der Waals surface area contributed by atoms with Gasteiger partial charge in [0.05, 0.1) is 22.4 Å². The van der Waals surface area contributed by atoms with Crippen molar-refractivity contribution in [1.29, 1.82) is 0 Å². The van der Waals surface area contributed by atoms with Crippen LogP contribution in [0, 0.1) is 24.0 Å². The Morgan fingerprint density at radius 3 is 2.41 bits per heavy atom. The number of furan rings is 1. The Morgan fingerprint density at radius 2 is 1.70 bits per heavy atom. The summed E-state index contributed by atoms with van der Waals surface area (Å²) < 4.78 is 23.0. The van der Waals surface area contributed by atoms with Gasteiger partial charge in [0.25, 0.3) is 0 Å². The van der Waals surface area contributed by atoms with Crippen LogP contribution in [0.5, 0.6) is 0 Å². The molecule has 3 aromatic carbocycles. The maximum atomic E-state index is 13.5. The van der Waals surface area contributed by atoms with Gasteiger partial charge < -0.3 is 8.98 Å². The summed E-state index contributed by atoms with van der Waals surface area (Å²) in [6.45, 7) is 7.42. The molecule has 0 saturated carbocycles. The van der Waals surface area contributed by atoms with E-state index in [0.717, 1.165) is 57.4 Å². The molecule has 46 heavy (non-hydrogen) atoms. The van der Waals surface area contributed by atoms with Gasteiger partial charge in [-0.2, -0.15) is 9.37 Å². The van der Waals surface area contributed by atoms with E-state index in [2.05, 4.69) is 78.1 Å². The van der Waals surface area contributed by atoms with Crippen molar-refractivity contribution < 1.29 is 28.9 Å². The van der Waals surface area contributed by atoms with Gasteiger partial charge in [0.1, 0.15) is 0 Å². The predicted octanol–water partition coefficient (Wildman–Crippen LogP) is 9.25. The zero-order chi connectivity index (χ0) is 31.7. The van der Waals surface area contributed by atoms with Gasteiger partial charge >= 0.3 is 126 Å². The summed E-state index contributed by atoms with van der Waals surface area (Å²) in [5.74, 6) is 8.22. The van der Waals surface area contributed by atoms with Gasteiger partial charge in [-0.05, 0) is 31.2 Å². The molecule has 0 amide bonds. The van der Waals surface area contributed by atoms with Crippen LogP contribution in [0.2, 0.25) is 17.3 Å². The van der Waals surface area contributed by atoms with E-state index in [1.807, 2.05) is 54.6 Å². The van der Waals surface area contributed by atoms with Gasteiger partial charge in [-0.1, -0.05) is 23.1 Å². The molecule has 7 rings (SSSR count). The largest absolute Gasteiger partial charge is 0.486 e. The third kappa shape index (κ3) is 6.87. The predicted molar refractivity (Wildman–Crippen MR) is 185 cm³/mol. The molecule has 0 spiro atoms. The first-order valence-electron chi connectivity index (χ1n) is 15.5. The van der Waals surface area contributed by atoms with E-state index in [1.54, 1.807) is 10.5 Å². The molecule has 0 bridgehead atoms. The molecule has 0 aliphatic rings. The van der Waals surface area contributed by atoms with Crippen molar-refractivity contribution >= 4 is 50.8 Å². The maximum Gasteiger partial charge on any atom is 0.218 e. The standard InChI is InChI=1S/C20H13FN3O.C18H24GeN.Ir/c1-2-24-16-9-4-3-8-15(16)22-19(24)14-7-5-6-12-13-10-11-17(21)23-20(13)25-18(12)14;1-14(2)11-16-12-18(15-9-7-6-8-10-15)20-13-17(16)19(3,4)5;/h3-6,8-11H,2H2,1H3;6-9,12-14H,11H2,1-5H3;/q2*-1;. The molecule has 0 aliphatic carbocycles. The van der Waals surface area contributed by atoms with E-state index >= 15 is 0 Å². The molecule has 0 atom stereocenters. The number of pyridine rings is 2. The number of aryl methyl sites for hydroxylation is 1. The average Bonchev–Trinajstić information content (AvgIpc) is 3.58. The molecule has 4 aromatic heterocycles. The number of aromatic nitrogens is 4. The van der Waals surface area contributed by atoms with Gasteiger partial charge in [-0.3, -0.25) is 4.98 Å². The Bertz CT molecular complexity index is 2120. The van der Waals surface area contributed by atoms with Crippen LogP contribution in [-0.2, 0) is 33.1 Å². The zero-order valence-corrected chi connectivity index (χ0v) is 31.5. The van der Waals surface area contributed by atoms with Crippen LogP contribution < -0.4 is 4.40 Å². The number of rotatable bonds is 6. The van der Waals surface area contributed by atoms with Crippen LogP contribution in [0.1, 0.15) is 26.3 Å². The molecule has 1 radical (unpaired) electrons. The monoisotopic (exact) mass is 851 g/mol. The second-order valence-corrected chi connectivity index (χ2v) is 23.3. The topological polar surface area (TPSA) is 56.7 Å². The summed E-state index contributed by atoms with van der Waals surface area (Å²) in [6, 6.07) is 31.7. The summed E-state index contributed by atoms with van der Waals surface area (Å²) in [7, 11) is 0. The van der Waals surface area contributed by atoms with Crippen molar-refractivity contribution in [1.82, 2.24) is 19.5 Å². The smallest absolute Gasteiger partial charge is 0.218 e. The fraction of sp³-hybridized carbons (Fsp3) is 0.237. The maximum absolute atomic E-state index is 13.5. The molecular weight excluding hydrogens is 812 g/mol. The fourth-order valence-corrected chi connectivity index (χ4v) is 9.17. The van der Waals surface area contributed by atoms with Crippen molar-refractivity contribution in [3.63, 3.8) is 0 Å². The molecule has 0 N–H and O–H groups in total. The minimum Gasteiger partial charge on any atom is -0.486 e. The Kier molecular flexibility index (Phi) is 10.3. The Morgan fingerprint density at radius 1 is 0.913 bits per heavy atom. The molecular formula is C38H37FGeIrN4O-2. The number of fused-ring (bicyclic) bond motifs is 4. The van der Waals surface area contributed by atoms with Gasteiger partial charge in [-0.25, -0.2) is 0 Å². The molecule has 0 aliphatic heterocycles. The molecule has 5 nitrogen and oxygen atoms in total. The van der Waals surface area contributed by atoms with Crippen LogP contribution in [0.4, 0.5) is 4.39 Å². The van der Waals surface area contributed by atoms with Gasteiger partial charge in [0.2, 0.25) is 11.7 Å². The fourth-order valence-electron chi connectivity index (χ4n) is 5.83. The number of nitrogens with zero attached hydrogens (tertiary/aromatic N) is 4. The van der Waals surface area contributed by atoms with E-state index in [4.69, 9.17) is 14.4 Å². The molecule has 237 valence electrons. The number of halogens is 1. The van der Waals surface area contributed by atoms with Crippen molar-refractivity contribution in [3.8, 4) is 22.6 Å².